The lowest BCUT2D eigenvalue weighted by Crippen LogP contribution is -2.07. The van der Waals surface area contributed by atoms with Crippen LogP contribution in [0.4, 0.5) is 9.52 Å². The fourth-order valence-electron chi connectivity index (χ4n) is 3.05. The number of carbonyl (C=O) groups is 1. The van der Waals surface area contributed by atoms with Gasteiger partial charge in [0, 0.05) is 17.0 Å². The Bertz CT molecular complexity index is 1250. The van der Waals surface area contributed by atoms with Crippen LogP contribution in [0.5, 0.6) is 11.5 Å². The van der Waals surface area contributed by atoms with E-state index in [4.69, 9.17) is 9.47 Å². The number of hydrogen-bond donors (Lipinski definition) is 1. The molecule has 0 saturated heterocycles. The highest BCUT2D eigenvalue weighted by atomic mass is 32.1. The first-order chi connectivity index (χ1) is 16.1. The number of rotatable bonds is 8. The van der Waals surface area contributed by atoms with Crippen LogP contribution in [0.15, 0.2) is 84.3 Å². The van der Waals surface area contributed by atoms with Gasteiger partial charge in [-0.2, -0.15) is 0 Å². The number of benzene rings is 3. The molecule has 0 radical (unpaired) electrons. The summed E-state index contributed by atoms with van der Waals surface area (Å²) in [5.41, 5.74) is 3.31. The van der Waals surface area contributed by atoms with Gasteiger partial charge in [0.2, 0.25) is 5.91 Å². The Morgan fingerprint density at radius 3 is 2.61 bits per heavy atom. The Balaban J connectivity index is 1.37. The zero-order valence-electron chi connectivity index (χ0n) is 17.8. The van der Waals surface area contributed by atoms with Gasteiger partial charge in [0.05, 0.1) is 12.8 Å². The predicted octanol–water partition coefficient (Wildman–Crippen LogP) is 6.19. The highest BCUT2D eigenvalue weighted by Gasteiger charge is 2.08. The molecule has 33 heavy (non-hydrogen) atoms. The fourth-order valence-corrected chi connectivity index (χ4v) is 3.77. The van der Waals surface area contributed by atoms with Gasteiger partial charge in [0.15, 0.2) is 16.6 Å². The summed E-state index contributed by atoms with van der Waals surface area (Å²) < 4.78 is 24.4. The van der Waals surface area contributed by atoms with Gasteiger partial charge in [-0.05, 0) is 53.6 Å². The molecule has 0 atom stereocenters. The summed E-state index contributed by atoms with van der Waals surface area (Å²) in [6, 6.07) is 21.4. The topological polar surface area (TPSA) is 60.5 Å². The molecular weight excluding hydrogens is 439 g/mol. The van der Waals surface area contributed by atoms with E-state index in [1.807, 2.05) is 47.8 Å². The smallest absolute Gasteiger partial charge is 0.250 e. The summed E-state index contributed by atoms with van der Waals surface area (Å²) in [6.07, 6.45) is 3.12. The van der Waals surface area contributed by atoms with Crippen molar-refractivity contribution in [3.05, 3.63) is 101 Å². The van der Waals surface area contributed by atoms with E-state index in [1.54, 1.807) is 31.4 Å². The lowest BCUT2D eigenvalue weighted by Gasteiger charge is -2.11. The van der Waals surface area contributed by atoms with Crippen molar-refractivity contribution in [3.8, 4) is 22.8 Å². The third-order valence-electron chi connectivity index (χ3n) is 4.73. The molecule has 0 spiro atoms. The van der Waals surface area contributed by atoms with Gasteiger partial charge in [-0.15, -0.1) is 11.3 Å². The van der Waals surface area contributed by atoms with Gasteiger partial charge in [-0.1, -0.05) is 36.4 Å². The highest BCUT2D eigenvalue weighted by molar-refractivity contribution is 7.14. The van der Waals surface area contributed by atoms with Crippen LogP contribution in [-0.2, 0) is 11.4 Å². The number of amides is 1. The molecule has 1 heterocycles. The van der Waals surface area contributed by atoms with E-state index in [-0.39, 0.29) is 11.7 Å². The second-order valence-corrected chi connectivity index (χ2v) is 7.91. The van der Waals surface area contributed by atoms with Crippen LogP contribution in [0.25, 0.3) is 17.3 Å². The minimum absolute atomic E-state index is 0.305. The Kier molecular flexibility index (Phi) is 7.12. The number of anilines is 1. The molecule has 166 valence electrons. The minimum atomic E-state index is -0.307. The van der Waals surface area contributed by atoms with Gasteiger partial charge >= 0.3 is 0 Å². The van der Waals surface area contributed by atoms with Gasteiger partial charge < -0.3 is 9.47 Å². The number of thiazole rings is 1. The predicted molar refractivity (Wildman–Crippen MR) is 129 cm³/mol. The third kappa shape index (κ3) is 6.05. The molecule has 0 aliphatic heterocycles. The molecule has 0 aliphatic rings. The molecule has 0 unspecified atom stereocenters. The van der Waals surface area contributed by atoms with E-state index in [1.165, 1.54) is 29.5 Å². The molecule has 1 N–H and O–H groups in total. The standard InChI is InChI=1S/C26H21FN2O3S/c1-31-24-15-18(7-13-23(24)32-16-19-5-3-2-4-6-19)8-14-25(30)29-26-28-22(17-33-26)20-9-11-21(27)12-10-20/h2-15,17H,16H2,1H3,(H,28,29,30). The van der Waals surface area contributed by atoms with Crippen molar-refractivity contribution in [2.45, 2.75) is 6.61 Å². The van der Waals surface area contributed by atoms with Crippen molar-refractivity contribution in [3.63, 3.8) is 0 Å². The average molecular weight is 461 g/mol. The Morgan fingerprint density at radius 2 is 1.85 bits per heavy atom. The monoisotopic (exact) mass is 460 g/mol. The molecule has 4 aromatic rings. The van der Waals surface area contributed by atoms with E-state index < -0.39 is 0 Å². The Morgan fingerprint density at radius 1 is 1.06 bits per heavy atom. The first-order valence-electron chi connectivity index (χ1n) is 10.2. The summed E-state index contributed by atoms with van der Waals surface area (Å²) in [5, 5.41) is 5.02. The minimum Gasteiger partial charge on any atom is -0.493 e. The average Bonchev–Trinajstić information content (AvgIpc) is 3.31. The molecule has 0 aliphatic carbocycles. The van der Waals surface area contributed by atoms with Crippen LogP contribution in [0.2, 0.25) is 0 Å². The molecule has 5 nitrogen and oxygen atoms in total. The number of methoxy groups -OCH3 is 1. The summed E-state index contributed by atoms with van der Waals surface area (Å²) in [6.45, 7) is 0.433. The van der Waals surface area contributed by atoms with E-state index in [0.29, 0.717) is 28.9 Å². The number of hydrogen-bond acceptors (Lipinski definition) is 5. The normalized spacial score (nSPS) is 10.8. The van der Waals surface area contributed by atoms with Crippen LogP contribution < -0.4 is 14.8 Å². The Labute approximate surface area is 195 Å². The number of nitrogens with zero attached hydrogens (tertiary/aromatic N) is 1. The van der Waals surface area contributed by atoms with Crippen molar-refractivity contribution in [1.82, 2.24) is 4.98 Å². The third-order valence-corrected chi connectivity index (χ3v) is 5.48. The maximum atomic E-state index is 13.1. The van der Waals surface area contributed by atoms with Crippen LogP contribution in [0, 0.1) is 5.82 Å². The molecule has 7 heteroatoms. The molecular formula is C26H21FN2O3S. The number of ether oxygens (including phenoxy) is 2. The van der Waals surface area contributed by atoms with Crippen molar-refractivity contribution in [1.29, 1.82) is 0 Å². The van der Waals surface area contributed by atoms with Crippen molar-refractivity contribution in [2.24, 2.45) is 0 Å². The molecule has 0 bridgehead atoms. The number of nitrogens with one attached hydrogen (secondary N) is 1. The molecule has 4 rings (SSSR count). The second-order valence-electron chi connectivity index (χ2n) is 7.05. The van der Waals surface area contributed by atoms with Gasteiger partial charge in [0.25, 0.3) is 0 Å². The molecule has 0 saturated carbocycles. The summed E-state index contributed by atoms with van der Waals surface area (Å²) in [4.78, 5) is 16.7. The van der Waals surface area contributed by atoms with Crippen LogP contribution in [-0.4, -0.2) is 18.0 Å². The van der Waals surface area contributed by atoms with E-state index in [2.05, 4.69) is 10.3 Å². The van der Waals surface area contributed by atoms with E-state index in [9.17, 15) is 9.18 Å². The van der Waals surface area contributed by atoms with Gasteiger partial charge in [-0.25, -0.2) is 9.37 Å². The summed E-state index contributed by atoms with van der Waals surface area (Å²) in [5.74, 6) is 0.592. The maximum absolute atomic E-state index is 13.1. The van der Waals surface area contributed by atoms with Gasteiger partial charge in [-0.3, -0.25) is 10.1 Å². The Hall–Kier alpha value is -3.97. The maximum Gasteiger partial charge on any atom is 0.250 e. The second kappa shape index (κ2) is 10.6. The van der Waals surface area contributed by atoms with Crippen LogP contribution in [0.3, 0.4) is 0 Å². The zero-order valence-corrected chi connectivity index (χ0v) is 18.6. The molecule has 1 aromatic heterocycles. The van der Waals surface area contributed by atoms with Crippen LogP contribution >= 0.6 is 11.3 Å². The lowest BCUT2D eigenvalue weighted by molar-refractivity contribution is -0.111. The van der Waals surface area contributed by atoms with E-state index >= 15 is 0 Å². The largest absolute Gasteiger partial charge is 0.493 e. The van der Waals surface area contributed by atoms with E-state index in [0.717, 1.165) is 16.7 Å². The van der Waals surface area contributed by atoms with Crippen molar-refractivity contribution < 1.29 is 18.7 Å². The number of carbonyl (C=O) groups excluding carboxylic acids is 1. The number of halogens is 1. The highest BCUT2D eigenvalue weighted by Crippen LogP contribution is 2.29. The first-order valence-corrected chi connectivity index (χ1v) is 11.0. The van der Waals surface area contributed by atoms with Gasteiger partial charge in [0.1, 0.15) is 12.4 Å². The quantitative estimate of drug-likeness (QED) is 0.319. The summed E-state index contributed by atoms with van der Waals surface area (Å²) >= 11 is 1.30. The molecule has 3 aromatic carbocycles. The molecule has 0 fully saturated rings. The zero-order chi connectivity index (χ0) is 23.0. The van der Waals surface area contributed by atoms with Crippen molar-refractivity contribution in [2.75, 3.05) is 12.4 Å². The lowest BCUT2D eigenvalue weighted by atomic mass is 10.2. The SMILES string of the molecule is COc1cc(C=CC(=O)Nc2nc(-c3ccc(F)cc3)cs2)ccc1OCc1ccccc1. The van der Waals surface area contributed by atoms with Crippen molar-refractivity contribution >= 4 is 28.5 Å². The summed E-state index contributed by atoms with van der Waals surface area (Å²) in [7, 11) is 1.58. The molecule has 1 amide bonds. The first kappa shape index (κ1) is 22.2. The number of aromatic nitrogens is 1. The fraction of sp³-hybridized carbons (Fsp3) is 0.0769. The van der Waals surface area contributed by atoms with Crippen LogP contribution in [0.1, 0.15) is 11.1 Å².